The average molecular weight is 839 g/mol. The van der Waals surface area contributed by atoms with Crippen LogP contribution in [0.15, 0.2) is 231 Å². The van der Waals surface area contributed by atoms with Crippen LogP contribution < -0.4 is 9.80 Å². The second-order valence-electron chi connectivity index (χ2n) is 19.2. The normalized spacial score (nSPS) is 15.0. The zero-order valence-electron chi connectivity index (χ0n) is 37.7. The molecule has 9 aromatic carbocycles. The molecule has 0 aromatic heterocycles. The Balaban J connectivity index is 0.973. The van der Waals surface area contributed by atoms with Crippen molar-refractivity contribution in [2.45, 2.75) is 56.8 Å². The minimum absolute atomic E-state index is 0.122. The van der Waals surface area contributed by atoms with Crippen LogP contribution in [0.1, 0.15) is 73.9 Å². The Morgan fingerprint density at radius 1 is 0.292 bits per heavy atom. The first kappa shape index (κ1) is 40.4. The molecule has 0 amide bonds. The van der Waals surface area contributed by atoms with Gasteiger partial charge in [-0.15, -0.1) is 0 Å². The number of benzene rings is 9. The lowest BCUT2D eigenvalue weighted by Gasteiger charge is -2.42. The Morgan fingerprint density at radius 3 is 1.17 bits per heavy atom. The molecule has 2 heteroatoms. The maximum atomic E-state index is 2.46. The van der Waals surface area contributed by atoms with Crippen LogP contribution in [0.2, 0.25) is 0 Å². The molecule has 0 unspecified atom stereocenters. The van der Waals surface area contributed by atoms with Crippen LogP contribution in [-0.2, 0) is 16.2 Å². The summed E-state index contributed by atoms with van der Waals surface area (Å²) in [5.41, 5.74) is 19.6. The molecule has 9 aromatic rings. The van der Waals surface area contributed by atoms with Crippen LogP contribution >= 0.6 is 0 Å². The zero-order chi connectivity index (χ0) is 44.2. The van der Waals surface area contributed by atoms with Gasteiger partial charge >= 0.3 is 0 Å². The first-order valence-corrected chi connectivity index (χ1v) is 23.1. The van der Waals surface area contributed by atoms with Gasteiger partial charge < -0.3 is 9.80 Å². The van der Waals surface area contributed by atoms with E-state index in [0.717, 1.165) is 28.4 Å². The van der Waals surface area contributed by atoms with Crippen molar-refractivity contribution >= 4 is 34.1 Å². The van der Waals surface area contributed by atoms with Crippen LogP contribution in [0.5, 0.6) is 0 Å². The molecule has 0 fully saturated rings. The lowest BCUT2D eigenvalue weighted by molar-refractivity contribution is 0.332. The number of fused-ring (bicyclic) bond motifs is 4. The summed E-state index contributed by atoms with van der Waals surface area (Å²) in [6.07, 6.45) is 2.39. The van der Waals surface area contributed by atoms with Crippen LogP contribution in [0.4, 0.5) is 34.1 Å². The lowest BCUT2D eigenvalue weighted by Crippen LogP contribution is -2.34. The predicted octanol–water partition coefficient (Wildman–Crippen LogP) is 17.0. The highest BCUT2D eigenvalue weighted by molar-refractivity contribution is 5.90. The van der Waals surface area contributed by atoms with E-state index < -0.39 is 5.41 Å². The second-order valence-corrected chi connectivity index (χ2v) is 19.2. The van der Waals surface area contributed by atoms with Gasteiger partial charge in [0.25, 0.3) is 0 Å². The van der Waals surface area contributed by atoms with Gasteiger partial charge in [-0.25, -0.2) is 0 Å². The highest BCUT2D eigenvalue weighted by Gasteiger charge is 2.46. The minimum Gasteiger partial charge on any atom is -0.310 e. The summed E-state index contributed by atoms with van der Waals surface area (Å²) in [6.45, 7) is 9.61. The Labute approximate surface area is 385 Å². The number of hydrogen-bond donors (Lipinski definition) is 0. The topological polar surface area (TPSA) is 6.48 Å². The van der Waals surface area contributed by atoms with E-state index in [0.29, 0.717) is 0 Å². The van der Waals surface area contributed by atoms with Crippen molar-refractivity contribution < 1.29 is 0 Å². The maximum absolute atomic E-state index is 2.46. The van der Waals surface area contributed by atoms with E-state index in [1.807, 2.05) is 0 Å². The summed E-state index contributed by atoms with van der Waals surface area (Å²) in [5.74, 6) is 0. The van der Waals surface area contributed by atoms with Gasteiger partial charge in [0.1, 0.15) is 0 Å². The monoisotopic (exact) mass is 838 g/mol. The Hall–Kier alpha value is -7.42. The van der Waals surface area contributed by atoms with Crippen molar-refractivity contribution in [3.8, 4) is 22.3 Å². The van der Waals surface area contributed by atoms with E-state index in [1.54, 1.807) is 0 Å². The SMILES string of the molecule is CC1(C)CCC(C)(C)c2cc(N(c3ccccc3)c3ccc(-c4ccc(N(c5ccccc5)c5ccc6c(c5)C(c5ccccc5)(c5ccccc5)c5ccccc5-6)cc4)cc3)ccc21. The summed E-state index contributed by atoms with van der Waals surface area (Å²) in [6, 6.07) is 85.0. The number of nitrogens with zero attached hydrogens (tertiary/aromatic N) is 2. The van der Waals surface area contributed by atoms with Crippen LogP contribution in [0, 0.1) is 0 Å². The van der Waals surface area contributed by atoms with Crippen LogP contribution in [-0.4, -0.2) is 0 Å². The molecular weight excluding hydrogens is 785 g/mol. The van der Waals surface area contributed by atoms with Crippen molar-refractivity contribution in [1.29, 1.82) is 0 Å². The lowest BCUT2D eigenvalue weighted by atomic mass is 9.63. The molecule has 65 heavy (non-hydrogen) atoms. The van der Waals surface area contributed by atoms with Gasteiger partial charge in [0.15, 0.2) is 0 Å². The summed E-state index contributed by atoms with van der Waals surface area (Å²) in [5, 5.41) is 0. The van der Waals surface area contributed by atoms with Gasteiger partial charge in [0, 0.05) is 34.1 Å². The standard InChI is InChI=1S/C63H54N2/c1-61(2)41-42-62(3,4)60-44-54(38-40-58(60)61)65(50-25-15-8-16-26-50)52-35-31-46(32-36-52)45-29-33-51(34-30-45)64(49-23-13-7-14-24-49)53-37-39-56-55-27-17-18-28-57(55)63(59(56)43-53,47-19-9-5-10-20-47)48-21-11-6-12-22-48/h5-40,43-44H,41-42H2,1-4H3. The van der Waals surface area contributed by atoms with E-state index in [-0.39, 0.29) is 10.8 Å². The van der Waals surface area contributed by atoms with Crippen molar-refractivity contribution in [2.24, 2.45) is 0 Å². The molecular formula is C63H54N2. The van der Waals surface area contributed by atoms with Crippen molar-refractivity contribution in [1.82, 2.24) is 0 Å². The number of anilines is 6. The number of para-hydroxylation sites is 2. The fourth-order valence-corrected chi connectivity index (χ4v) is 10.9. The number of rotatable bonds is 9. The molecule has 0 radical (unpaired) electrons. The maximum Gasteiger partial charge on any atom is 0.0714 e. The van der Waals surface area contributed by atoms with E-state index in [4.69, 9.17) is 0 Å². The van der Waals surface area contributed by atoms with Gasteiger partial charge in [-0.1, -0.05) is 185 Å². The molecule has 316 valence electrons. The molecule has 0 bridgehead atoms. The third kappa shape index (κ3) is 6.87. The predicted molar refractivity (Wildman–Crippen MR) is 274 cm³/mol. The number of hydrogen-bond acceptors (Lipinski definition) is 2. The van der Waals surface area contributed by atoms with Crippen molar-refractivity contribution in [3.05, 3.63) is 264 Å². The zero-order valence-corrected chi connectivity index (χ0v) is 37.7. The van der Waals surface area contributed by atoms with E-state index in [9.17, 15) is 0 Å². The molecule has 2 aliphatic rings. The fourth-order valence-electron chi connectivity index (χ4n) is 10.9. The van der Waals surface area contributed by atoms with Gasteiger partial charge in [-0.05, 0) is 152 Å². The third-order valence-electron chi connectivity index (χ3n) is 14.4. The summed E-state index contributed by atoms with van der Waals surface area (Å²) < 4.78 is 0. The summed E-state index contributed by atoms with van der Waals surface area (Å²) >= 11 is 0. The molecule has 0 atom stereocenters. The molecule has 2 aliphatic carbocycles. The highest BCUT2D eigenvalue weighted by atomic mass is 15.1. The second kappa shape index (κ2) is 16.0. The largest absolute Gasteiger partial charge is 0.310 e. The Morgan fingerprint density at radius 2 is 0.662 bits per heavy atom. The van der Waals surface area contributed by atoms with Gasteiger partial charge in [-0.2, -0.15) is 0 Å². The quantitative estimate of drug-likeness (QED) is 0.143. The molecule has 2 nitrogen and oxygen atoms in total. The molecule has 11 rings (SSSR count). The Kier molecular flexibility index (Phi) is 9.92. The Bertz CT molecular complexity index is 3080. The van der Waals surface area contributed by atoms with E-state index in [1.165, 1.54) is 74.2 Å². The van der Waals surface area contributed by atoms with E-state index >= 15 is 0 Å². The third-order valence-corrected chi connectivity index (χ3v) is 14.4. The molecule has 0 spiro atoms. The van der Waals surface area contributed by atoms with Crippen LogP contribution in [0.3, 0.4) is 0 Å². The fraction of sp³-hybridized carbons (Fsp3) is 0.143. The van der Waals surface area contributed by atoms with Crippen molar-refractivity contribution in [2.75, 3.05) is 9.80 Å². The van der Waals surface area contributed by atoms with Crippen LogP contribution in [0.25, 0.3) is 22.3 Å². The molecule has 0 N–H and O–H groups in total. The highest BCUT2D eigenvalue weighted by Crippen LogP contribution is 2.57. The van der Waals surface area contributed by atoms with Crippen molar-refractivity contribution in [3.63, 3.8) is 0 Å². The first-order valence-electron chi connectivity index (χ1n) is 23.1. The van der Waals surface area contributed by atoms with Gasteiger partial charge in [-0.3, -0.25) is 0 Å². The average Bonchev–Trinajstić information content (AvgIpc) is 3.65. The minimum atomic E-state index is -0.480. The molecule has 0 saturated carbocycles. The molecule has 0 heterocycles. The molecule has 0 saturated heterocycles. The summed E-state index contributed by atoms with van der Waals surface area (Å²) in [4.78, 5) is 4.80. The van der Waals surface area contributed by atoms with E-state index in [2.05, 4.69) is 268 Å². The van der Waals surface area contributed by atoms with Gasteiger partial charge in [0.05, 0.1) is 5.41 Å². The first-order chi connectivity index (χ1) is 31.7. The smallest absolute Gasteiger partial charge is 0.0714 e. The summed E-state index contributed by atoms with van der Waals surface area (Å²) in [7, 11) is 0. The van der Waals surface area contributed by atoms with Gasteiger partial charge in [0.2, 0.25) is 0 Å². The molecule has 0 aliphatic heterocycles.